The summed E-state index contributed by atoms with van der Waals surface area (Å²) < 4.78 is 10.5. The van der Waals surface area contributed by atoms with Crippen molar-refractivity contribution in [2.24, 2.45) is 5.92 Å². The first kappa shape index (κ1) is 21.7. The third-order valence-corrected chi connectivity index (χ3v) is 5.58. The molecule has 0 spiro atoms. The molecule has 1 heterocycles. The van der Waals surface area contributed by atoms with Gasteiger partial charge in [-0.05, 0) is 30.9 Å². The Balaban J connectivity index is 1.97. The zero-order valence-electron chi connectivity index (χ0n) is 17.1. The van der Waals surface area contributed by atoms with Crippen molar-refractivity contribution in [2.75, 3.05) is 37.5 Å². The molecule has 0 aromatic heterocycles. The lowest BCUT2D eigenvalue weighted by Gasteiger charge is -2.33. The lowest BCUT2D eigenvalue weighted by Crippen LogP contribution is -2.34. The van der Waals surface area contributed by atoms with E-state index in [9.17, 15) is 14.9 Å². The molecule has 1 aliphatic rings. The third-order valence-electron chi connectivity index (χ3n) is 5.28. The summed E-state index contributed by atoms with van der Waals surface area (Å²) in [4.78, 5) is 26.0. The molecule has 0 radical (unpaired) electrons. The Labute approximate surface area is 179 Å². The normalized spacial score (nSPS) is 14.3. The Bertz CT molecular complexity index is 958. The number of rotatable bonds is 6. The smallest absolute Gasteiger partial charge is 0.270 e. The number of carbonyl (C=O) groups is 1. The molecule has 9 heteroatoms. The molecule has 8 nitrogen and oxygen atoms in total. The van der Waals surface area contributed by atoms with Crippen LogP contribution in [0.25, 0.3) is 0 Å². The molecule has 0 atom stereocenters. The van der Waals surface area contributed by atoms with Gasteiger partial charge in [0.1, 0.15) is 11.5 Å². The second-order valence-electron chi connectivity index (χ2n) is 7.27. The van der Waals surface area contributed by atoms with Gasteiger partial charge in [0, 0.05) is 31.3 Å². The van der Waals surface area contributed by atoms with Crippen molar-refractivity contribution < 1.29 is 19.2 Å². The van der Waals surface area contributed by atoms with Gasteiger partial charge in [-0.1, -0.05) is 18.5 Å². The van der Waals surface area contributed by atoms with E-state index in [4.69, 9.17) is 21.1 Å². The Morgan fingerprint density at radius 1 is 1.17 bits per heavy atom. The fraction of sp³-hybridized carbons (Fsp3) is 0.381. The summed E-state index contributed by atoms with van der Waals surface area (Å²) in [5.41, 5.74) is 1.10. The summed E-state index contributed by atoms with van der Waals surface area (Å²) >= 11 is 6.19. The van der Waals surface area contributed by atoms with Gasteiger partial charge >= 0.3 is 0 Å². The SMILES string of the molecule is COc1cc(OC)c(NC(=O)c2cc([N+](=O)[O-])ccc2N2CCC(C)CC2)cc1Cl. The van der Waals surface area contributed by atoms with Crippen LogP contribution >= 0.6 is 11.6 Å². The highest BCUT2D eigenvalue weighted by Crippen LogP contribution is 2.37. The number of piperidine rings is 1. The van der Waals surface area contributed by atoms with Crippen molar-refractivity contribution in [1.29, 1.82) is 0 Å². The molecule has 1 aliphatic heterocycles. The van der Waals surface area contributed by atoms with Gasteiger partial charge in [0.15, 0.2) is 0 Å². The number of amides is 1. The van der Waals surface area contributed by atoms with Crippen molar-refractivity contribution in [1.82, 2.24) is 0 Å². The Kier molecular flexibility index (Phi) is 6.66. The van der Waals surface area contributed by atoms with Crippen LogP contribution < -0.4 is 19.7 Å². The van der Waals surface area contributed by atoms with E-state index in [1.165, 1.54) is 32.4 Å². The van der Waals surface area contributed by atoms with Crippen LogP contribution in [0.5, 0.6) is 11.5 Å². The summed E-state index contributed by atoms with van der Waals surface area (Å²) in [5, 5.41) is 14.4. The topological polar surface area (TPSA) is 93.9 Å². The van der Waals surface area contributed by atoms with Crippen LogP contribution in [-0.2, 0) is 0 Å². The van der Waals surface area contributed by atoms with Crippen LogP contribution in [0.2, 0.25) is 5.02 Å². The summed E-state index contributed by atoms with van der Waals surface area (Å²) in [7, 11) is 2.94. The molecule has 1 saturated heterocycles. The fourth-order valence-corrected chi connectivity index (χ4v) is 3.73. The van der Waals surface area contributed by atoms with Gasteiger partial charge in [-0.25, -0.2) is 0 Å². The quantitative estimate of drug-likeness (QED) is 0.521. The number of carbonyl (C=O) groups excluding carboxylic acids is 1. The molecule has 0 unspecified atom stereocenters. The van der Waals surface area contributed by atoms with Crippen LogP contribution in [0.3, 0.4) is 0 Å². The molecule has 2 aromatic rings. The zero-order valence-corrected chi connectivity index (χ0v) is 17.9. The Morgan fingerprint density at radius 2 is 1.83 bits per heavy atom. The first-order valence-corrected chi connectivity index (χ1v) is 9.98. The lowest BCUT2D eigenvalue weighted by molar-refractivity contribution is -0.384. The monoisotopic (exact) mass is 433 g/mol. The number of benzene rings is 2. The van der Waals surface area contributed by atoms with Crippen LogP contribution in [0.4, 0.5) is 17.1 Å². The molecule has 1 N–H and O–H groups in total. The number of nitrogens with one attached hydrogen (secondary N) is 1. The summed E-state index contributed by atoms with van der Waals surface area (Å²) in [6, 6.07) is 7.46. The highest BCUT2D eigenvalue weighted by molar-refractivity contribution is 6.32. The van der Waals surface area contributed by atoms with Crippen LogP contribution in [0.1, 0.15) is 30.1 Å². The van der Waals surface area contributed by atoms with E-state index in [0.29, 0.717) is 33.8 Å². The van der Waals surface area contributed by atoms with Crippen LogP contribution in [0.15, 0.2) is 30.3 Å². The van der Waals surface area contributed by atoms with E-state index in [1.54, 1.807) is 12.1 Å². The molecule has 0 bridgehead atoms. The van der Waals surface area contributed by atoms with Crippen molar-refractivity contribution in [3.8, 4) is 11.5 Å². The van der Waals surface area contributed by atoms with E-state index < -0.39 is 10.8 Å². The zero-order chi connectivity index (χ0) is 21.8. The maximum atomic E-state index is 13.2. The number of nitro groups is 1. The number of ether oxygens (including phenoxy) is 2. The Morgan fingerprint density at radius 3 is 2.43 bits per heavy atom. The minimum absolute atomic E-state index is 0.144. The van der Waals surface area contributed by atoms with Gasteiger partial charge in [0.25, 0.3) is 11.6 Å². The van der Waals surface area contributed by atoms with Gasteiger partial charge in [0.2, 0.25) is 0 Å². The summed E-state index contributed by atoms with van der Waals surface area (Å²) in [5.74, 6) is 0.905. The maximum absolute atomic E-state index is 13.2. The molecule has 1 fully saturated rings. The van der Waals surface area contributed by atoms with Crippen molar-refractivity contribution >= 4 is 34.6 Å². The standard InChI is InChI=1S/C21H24ClN3O5/c1-13-6-8-24(9-7-13)18-5-4-14(25(27)28)10-15(18)21(26)23-17-11-16(22)19(29-2)12-20(17)30-3/h4-5,10-13H,6-9H2,1-3H3,(H,23,26). The van der Waals surface area contributed by atoms with E-state index in [1.807, 2.05) is 0 Å². The molecule has 0 aliphatic carbocycles. The van der Waals surface area contributed by atoms with Crippen molar-refractivity contribution in [3.05, 3.63) is 51.0 Å². The summed E-state index contributed by atoms with van der Waals surface area (Å²) in [6.07, 6.45) is 2.00. The highest BCUT2D eigenvalue weighted by atomic mass is 35.5. The number of hydrogen-bond acceptors (Lipinski definition) is 6. The average molecular weight is 434 g/mol. The van der Waals surface area contributed by atoms with Crippen molar-refractivity contribution in [3.63, 3.8) is 0 Å². The van der Waals surface area contributed by atoms with E-state index in [2.05, 4.69) is 17.1 Å². The second-order valence-corrected chi connectivity index (χ2v) is 7.68. The number of nitro benzene ring substituents is 1. The van der Waals surface area contributed by atoms with Crippen LogP contribution in [0, 0.1) is 16.0 Å². The van der Waals surface area contributed by atoms with E-state index in [0.717, 1.165) is 25.9 Å². The first-order chi connectivity index (χ1) is 14.3. The molecule has 160 valence electrons. The predicted octanol–water partition coefficient (Wildman–Crippen LogP) is 4.75. The molecule has 2 aromatic carbocycles. The van der Waals surface area contributed by atoms with Gasteiger partial charge in [-0.2, -0.15) is 0 Å². The third kappa shape index (κ3) is 4.59. The van der Waals surface area contributed by atoms with Crippen molar-refractivity contribution in [2.45, 2.75) is 19.8 Å². The number of methoxy groups -OCH3 is 2. The molecular formula is C21H24ClN3O5. The maximum Gasteiger partial charge on any atom is 0.270 e. The van der Waals surface area contributed by atoms with Gasteiger partial charge in [-0.15, -0.1) is 0 Å². The highest BCUT2D eigenvalue weighted by Gasteiger charge is 2.24. The molecule has 0 saturated carbocycles. The average Bonchev–Trinajstić information content (AvgIpc) is 2.74. The van der Waals surface area contributed by atoms with E-state index in [-0.39, 0.29) is 11.3 Å². The molecule has 3 rings (SSSR count). The minimum atomic E-state index is -0.510. The second kappa shape index (κ2) is 9.21. The molecule has 30 heavy (non-hydrogen) atoms. The van der Waals surface area contributed by atoms with E-state index >= 15 is 0 Å². The fourth-order valence-electron chi connectivity index (χ4n) is 3.49. The molecule has 1 amide bonds. The number of hydrogen-bond donors (Lipinski definition) is 1. The molecular weight excluding hydrogens is 410 g/mol. The minimum Gasteiger partial charge on any atom is -0.495 e. The predicted molar refractivity (Wildman–Crippen MR) is 116 cm³/mol. The Hall–Kier alpha value is -3.00. The van der Waals surface area contributed by atoms with Gasteiger partial charge in [0.05, 0.1) is 41.1 Å². The largest absolute Gasteiger partial charge is 0.495 e. The van der Waals surface area contributed by atoms with Gasteiger partial charge < -0.3 is 19.7 Å². The first-order valence-electron chi connectivity index (χ1n) is 9.60. The number of non-ortho nitro benzene ring substituents is 1. The number of nitrogens with zero attached hydrogens (tertiary/aromatic N) is 2. The van der Waals surface area contributed by atoms with Crippen LogP contribution in [-0.4, -0.2) is 38.1 Å². The number of halogens is 1. The van der Waals surface area contributed by atoms with Gasteiger partial charge in [-0.3, -0.25) is 14.9 Å². The lowest BCUT2D eigenvalue weighted by atomic mass is 9.98. The number of anilines is 2. The summed E-state index contributed by atoms with van der Waals surface area (Å²) in [6.45, 7) is 3.77.